The zero-order valence-electron chi connectivity index (χ0n) is 50.2. The molecule has 9 amide bonds. The fourth-order valence-electron chi connectivity index (χ4n) is 8.74. The predicted octanol–water partition coefficient (Wildman–Crippen LogP) is -8.84. The molecule has 36 nitrogen and oxygen atoms in total. The van der Waals surface area contributed by atoms with Crippen molar-refractivity contribution < 1.29 is 58.2 Å². The van der Waals surface area contributed by atoms with Crippen molar-refractivity contribution in [3.05, 3.63) is 0 Å². The number of aliphatic imine (C=N–C) groups is 4. The van der Waals surface area contributed by atoms with E-state index in [0.717, 1.165) is 0 Å². The Morgan fingerprint density at radius 1 is 0.448 bits per heavy atom. The summed E-state index contributed by atoms with van der Waals surface area (Å²) in [6.45, 7) is 4.77. The van der Waals surface area contributed by atoms with Gasteiger partial charge >= 0.3 is 5.97 Å². The Bertz CT molecular complexity index is 2360. The molecule has 1 heterocycles. The minimum atomic E-state index is -1.43. The number of nitrogens with one attached hydrogen (secondary N) is 8. The van der Waals surface area contributed by atoms with E-state index < -0.39 is 126 Å². The average molecular weight is 1240 g/mol. The van der Waals surface area contributed by atoms with E-state index in [2.05, 4.69) is 62.5 Å². The molecule has 0 radical (unpaired) electrons. The van der Waals surface area contributed by atoms with Gasteiger partial charge in [0.25, 0.3) is 0 Å². The maximum atomic E-state index is 14.4. The van der Waals surface area contributed by atoms with E-state index in [1.807, 2.05) is 0 Å². The van der Waals surface area contributed by atoms with Crippen LogP contribution in [0.1, 0.15) is 124 Å². The molecule has 11 atom stereocenters. The number of carboxylic acids is 1. The van der Waals surface area contributed by atoms with Crippen LogP contribution in [0, 0.1) is 0 Å². The summed E-state index contributed by atoms with van der Waals surface area (Å²) in [7, 11) is 0. The lowest BCUT2D eigenvalue weighted by Crippen LogP contribution is -2.60. The Balaban J connectivity index is 3.48. The molecule has 36 heteroatoms. The molecule has 32 N–H and O–H groups in total. The second-order valence-corrected chi connectivity index (χ2v) is 21.0. The number of nitrogens with zero attached hydrogens (tertiary/aromatic N) is 5. The molecule has 0 aromatic carbocycles. The normalized spacial score (nSPS) is 16.1. The summed E-state index contributed by atoms with van der Waals surface area (Å²) >= 11 is 0. The monoisotopic (exact) mass is 1240 g/mol. The second-order valence-electron chi connectivity index (χ2n) is 21.0. The second kappa shape index (κ2) is 41.6. The van der Waals surface area contributed by atoms with Crippen LogP contribution in [0.2, 0.25) is 0 Å². The molecule has 1 fully saturated rings. The van der Waals surface area contributed by atoms with Gasteiger partial charge in [-0.05, 0) is 137 Å². The largest absolute Gasteiger partial charge is 0.480 e. The maximum Gasteiger partial charge on any atom is 0.326 e. The minimum Gasteiger partial charge on any atom is -0.480 e. The van der Waals surface area contributed by atoms with Crippen molar-refractivity contribution in [2.75, 3.05) is 45.8 Å². The zero-order valence-corrected chi connectivity index (χ0v) is 50.2. The van der Waals surface area contributed by atoms with Gasteiger partial charge in [0.1, 0.15) is 60.4 Å². The Morgan fingerprint density at radius 3 is 1.09 bits per heavy atom. The highest BCUT2D eigenvalue weighted by Gasteiger charge is 2.39. The average Bonchev–Trinajstić information content (AvgIpc) is 4.12. The minimum absolute atomic E-state index is 0.000373. The molecule has 494 valence electrons. The number of rotatable bonds is 43. The van der Waals surface area contributed by atoms with Gasteiger partial charge in [-0.15, -0.1) is 0 Å². The van der Waals surface area contributed by atoms with E-state index in [1.165, 1.54) is 25.7 Å². The van der Waals surface area contributed by atoms with Crippen LogP contribution in [-0.4, -0.2) is 210 Å². The third-order valence-corrected chi connectivity index (χ3v) is 13.6. The third-order valence-electron chi connectivity index (χ3n) is 13.6. The van der Waals surface area contributed by atoms with Gasteiger partial charge in [-0.1, -0.05) is 0 Å². The van der Waals surface area contributed by atoms with Crippen LogP contribution >= 0.6 is 0 Å². The van der Waals surface area contributed by atoms with E-state index in [-0.39, 0.29) is 140 Å². The number of hydrogen-bond donors (Lipinski definition) is 21. The van der Waals surface area contributed by atoms with Crippen LogP contribution < -0.4 is 106 Å². The summed E-state index contributed by atoms with van der Waals surface area (Å²) in [4.78, 5) is 154. The van der Waals surface area contributed by atoms with Crippen molar-refractivity contribution in [3.63, 3.8) is 0 Å². The first-order valence-electron chi connectivity index (χ1n) is 29.1. The molecule has 1 aliphatic rings. The van der Waals surface area contributed by atoms with Crippen LogP contribution in [-0.2, 0) is 47.9 Å². The summed E-state index contributed by atoms with van der Waals surface area (Å²) in [5.41, 5.74) is 61.1. The summed E-state index contributed by atoms with van der Waals surface area (Å²) in [6.07, 6.45) is 1.31. The highest BCUT2D eigenvalue weighted by Crippen LogP contribution is 2.20. The summed E-state index contributed by atoms with van der Waals surface area (Å²) in [5, 5.41) is 40.5. The highest BCUT2D eigenvalue weighted by atomic mass is 16.4. The number of guanidine groups is 4. The lowest BCUT2D eigenvalue weighted by molar-refractivity contribution is -0.142. The Labute approximate surface area is 506 Å². The van der Waals surface area contributed by atoms with Crippen molar-refractivity contribution in [1.82, 2.24) is 47.4 Å². The number of amides is 9. The molecular formula is C51H98N24O12. The Kier molecular flexibility index (Phi) is 36.7. The maximum absolute atomic E-state index is 14.4. The number of aliphatic hydroxyl groups is 1. The molecule has 0 aromatic rings. The van der Waals surface area contributed by atoms with Gasteiger partial charge in [0.15, 0.2) is 23.8 Å². The molecule has 1 rings (SSSR count). The number of likely N-dealkylation sites (tertiary alicyclic amines) is 1. The Morgan fingerprint density at radius 2 is 0.747 bits per heavy atom. The number of carbonyl (C=O) groups excluding carboxylic acids is 9. The number of nitrogens with two attached hydrogens (primary N) is 11. The van der Waals surface area contributed by atoms with Gasteiger partial charge in [0, 0.05) is 32.7 Å². The van der Waals surface area contributed by atoms with E-state index >= 15 is 0 Å². The Hall–Kier alpha value is -8.38. The van der Waals surface area contributed by atoms with Crippen LogP contribution in [0.5, 0.6) is 0 Å². The molecular weight excluding hydrogens is 1140 g/mol. The molecule has 0 bridgehead atoms. The van der Waals surface area contributed by atoms with E-state index in [1.54, 1.807) is 0 Å². The lowest BCUT2D eigenvalue weighted by atomic mass is 10.0. The van der Waals surface area contributed by atoms with Crippen molar-refractivity contribution in [2.45, 2.75) is 190 Å². The van der Waals surface area contributed by atoms with Gasteiger partial charge < -0.3 is 121 Å². The molecule has 0 unspecified atom stereocenters. The van der Waals surface area contributed by atoms with E-state index in [0.29, 0.717) is 32.1 Å². The topological polar surface area (TPSA) is 646 Å². The molecule has 0 spiro atoms. The van der Waals surface area contributed by atoms with Gasteiger partial charge in [0.2, 0.25) is 53.2 Å². The zero-order chi connectivity index (χ0) is 65.8. The van der Waals surface area contributed by atoms with Gasteiger partial charge in [-0.2, -0.15) is 0 Å². The van der Waals surface area contributed by atoms with Gasteiger partial charge in [-0.3, -0.25) is 63.1 Å². The van der Waals surface area contributed by atoms with Crippen molar-refractivity contribution in [2.24, 2.45) is 83.0 Å². The standard InChI is InChI=1S/C51H98N24O12/c1-27(68-40(79)32(15-8-22-63-48(55)56)73-45(84)36-19-12-26-75(36)46(85)37(54)29(3)76)38(77)67-28(2)39(78)69-33(16-9-23-64-49(57)58)42(81)72-34(17-10-24-65-50(59)60)43(82)70-30(13-4-6-20-52)41(80)71-31(14-5-7-21-53)44(83)74-35(47(86)87)18-11-25-66-51(61)62/h27-37,76H,4-26,52-54H2,1-3H3,(H,67,77)(H,68,79)(H,69,78)(H,70,82)(H,71,80)(H,72,81)(H,73,84)(H,74,83)(H,86,87)(H4,55,56,63)(H4,57,58,64)(H4,59,60,65)(H4,61,62,66)/t27-,28-,29+,30-,31-,32-,33-,34-,35-,36-,37-/m0/s1. The first-order valence-corrected chi connectivity index (χ1v) is 29.1. The van der Waals surface area contributed by atoms with Crippen LogP contribution in [0.3, 0.4) is 0 Å². The number of aliphatic hydroxyl groups excluding tert-OH is 1. The van der Waals surface area contributed by atoms with Crippen LogP contribution in [0.25, 0.3) is 0 Å². The molecule has 0 aliphatic carbocycles. The third kappa shape index (κ3) is 31.0. The highest BCUT2D eigenvalue weighted by molar-refractivity contribution is 5.98. The molecule has 1 saturated heterocycles. The summed E-state index contributed by atoms with van der Waals surface area (Å²) in [5.74, 6) is -9.58. The van der Waals surface area contributed by atoms with Gasteiger partial charge in [-0.25, -0.2) is 4.79 Å². The quantitative estimate of drug-likeness (QED) is 0.0153. The number of unbranched alkanes of at least 4 members (excludes halogenated alkanes) is 2. The predicted molar refractivity (Wildman–Crippen MR) is 324 cm³/mol. The van der Waals surface area contributed by atoms with Crippen LogP contribution in [0.15, 0.2) is 20.0 Å². The SMILES string of the molecule is C[C@H](NC(=O)[C@H](C)NC(=O)[C@H](CCCN=C(N)N)NC(=O)[C@@H]1CCCN1C(=O)[C@@H](N)[C@@H](C)O)C(=O)N[C@@H](CCCN=C(N)N)C(=O)N[C@@H](CCCN=C(N)N)C(=O)N[C@@H](CCCCN)C(=O)N[C@@H](CCCCN)C(=O)N[C@@H](CCCN=C(N)N)C(=O)O. The smallest absolute Gasteiger partial charge is 0.326 e. The molecule has 87 heavy (non-hydrogen) atoms. The van der Waals surface area contributed by atoms with E-state index in [9.17, 15) is 58.2 Å². The molecule has 0 aromatic heterocycles. The summed E-state index contributed by atoms with van der Waals surface area (Å²) in [6, 6.07) is -13.2. The number of aliphatic carboxylic acids is 1. The van der Waals surface area contributed by atoms with Crippen molar-refractivity contribution in [3.8, 4) is 0 Å². The number of carbonyl (C=O) groups is 10. The van der Waals surface area contributed by atoms with Crippen LogP contribution in [0.4, 0.5) is 0 Å². The lowest BCUT2D eigenvalue weighted by Gasteiger charge is -2.29. The first-order chi connectivity index (χ1) is 41.0. The van der Waals surface area contributed by atoms with Crippen molar-refractivity contribution >= 4 is 83.0 Å². The molecule has 1 aliphatic heterocycles. The first kappa shape index (κ1) is 76.6. The fraction of sp³-hybridized carbons (Fsp3) is 0.725. The summed E-state index contributed by atoms with van der Waals surface area (Å²) < 4.78 is 0. The number of carboxylic acid groups (broad SMARTS) is 1. The van der Waals surface area contributed by atoms with Gasteiger partial charge in [0.05, 0.1) is 6.10 Å². The molecule has 0 saturated carbocycles. The van der Waals surface area contributed by atoms with Crippen molar-refractivity contribution in [1.29, 1.82) is 0 Å². The van der Waals surface area contributed by atoms with E-state index in [4.69, 9.17) is 63.1 Å². The fourth-order valence-corrected chi connectivity index (χ4v) is 8.74. The number of hydrogen-bond acceptors (Lipinski definition) is 18.